The van der Waals surface area contributed by atoms with Crippen LogP contribution in [-0.2, 0) is 26.2 Å². The van der Waals surface area contributed by atoms with E-state index in [1.54, 1.807) is 37.3 Å². The van der Waals surface area contributed by atoms with Gasteiger partial charge in [0, 0.05) is 18.1 Å². The molecule has 0 saturated heterocycles. The number of nitrogens with one attached hydrogen (secondary N) is 1. The van der Waals surface area contributed by atoms with Crippen molar-refractivity contribution in [3.8, 4) is 5.75 Å². The van der Waals surface area contributed by atoms with Crippen LogP contribution in [0.15, 0.2) is 77.7 Å². The summed E-state index contributed by atoms with van der Waals surface area (Å²) in [5.41, 5.74) is 1.93. The second kappa shape index (κ2) is 14.2. The average Bonchev–Trinajstić information content (AvgIpc) is 2.94. The van der Waals surface area contributed by atoms with Crippen LogP contribution in [0.2, 0.25) is 5.02 Å². The summed E-state index contributed by atoms with van der Waals surface area (Å²) in [4.78, 5) is 28.5. The van der Waals surface area contributed by atoms with Crippen LogP contribution in [-0.4, -0.2) is 51.4 Å². The number of nitrogens with zero attached hydrogens (tertiary/aromatic N) is 2. The highest BCUT2D eigenvalue weighted by molar-refractivity contribution is 7.92. The van der Waals surface area contributed by atoms with Crippen molar-refractivity contribution in [1.29, 1.82) is 0 Å². The Morgan fingerprint density at radius 3 is 2.40 bits per heavy atom. The van der Waals surface area contributed by atoms with Gasteiger partial charge in [0.15, 0.2) is 0 Å². The van der Waals surface area contributed by atoms with Crippen LogP contribution in [0.3, 0.4) is 0 Å². The zero-order valence-electron chi connectivity index (χ0n) is 23.3. The number of anilines is 1. The molecule has 0 saturated carbocycles. The Morgan fingerprint density at radius 1 is 1.02 bits per heavy atom. The lowest BCUT2D eigenvalue weighted by Gasteiger charge is -2.32. The van der Waals surface area contributed by atoms with Gasteiger partial charge in [-0.05, 0) is 56.2 Å². The highest BCUT2D eigenvalue weighted by Gasteiger charge is 2.33. The number of unbranched alkanes of at least 4 members (excludes halogenated alkanes) is 1. The summed E-state index contributed by atoms with van der Waals surface area (Å²) in [7, 11) is -2.82. The summed E-state index contributed by atoms with van der Waals surface area (Å²) in [6.45, 7) is 5.64. The summed E-state index contributed by atoms with van der Waals surface area (Å²) in [6, 6.07) is 19.2. The first-order valence-corrected chi connectivity index (χ1v) is 14.9. The largest absolute Gasteiger partial charge is 0.495 e. The minimum atomic E-state index is -4.23. The van der Waals surface area contributed by atoms with E-state index in [9.17, 15) is 18.0 Å². The van der Waals surface area contributed by atoms with Gasteiger partial charge in [-0.15, -0.1) is 0 Å². The number of carbonyl (C=O) groups is 2. The van der Waals surface area contributed by atoms with E-state index in [1.807, 2.05) is 38.1 Å². The number of hydrogen-bond donors (Lipinski definition) is 1. The number of benzene rings is 3. The Balaban J connectivity index is 2.06. The summed E-state index contributed by atoms with van der Waals surface area (Å²) >= 11 is 6.26. The average molecular weight is 586 g/mol. The molecule has 0 aromatic heterocycles. The fraction of sp³-hybridized carbons (Fsp3) is 0.333. The summed E-state index contributed by atoms with van der Waals surface area (Å²) in [6.07, 6.45) is 1.72. The number of methoxy groups -OCH3 is 1. The topological polar surface area (TPSA) is 96.0 Å². The van der Waals surface area contributed by atoms with Crippen molar-refractivity contribution >= 4 is 39.1 Å². The summed E-state index contributed by atoms with van der Waals surface area (Å²) in [5.74, 6) is -0.638. The number of hydrogen-bond acceptors (Lipinski definition) is 5. The molecular weight excluding hydrogens is 550 g/mol. The van der Waals surface area contributed by atoms with Gasteiger partial charge in [-0.1, -0.05) is 73.0 Å². The van der Waals surface area contributed by atoms with Crippen molar-refractivity contribution < 1.29 is 22.7 Å². The second-order valence-corrected chi connectivity index (χ2v) is 11.8. The van der Waals surface area contributed by atoms with E-state index in [-0.39, 0.29) is 33.8 Å². The molecule has 0 aliphatic rings. The minimum absolute atomic E-state index is 0.000389. The van der Waals surface area contributed by atoms with Gasteiger partial charge in [0.25, 0.3) is 10.0 Å². The lowest BCUT2D eigenvalue weighted by molar-refractivity contribution is -0.139. The number of aryl methyl sites for hydroxylation is 1. The summed E-state index contributed by atoms with van der Waals surface area (Å²) in [5, 5.41) is 3.16. The van der Waals surface area contributed by atoms with E-state index >= 15 is 0 Å². The number of ether oxygens (including phenoxy) is 1. The SMILES string of the molecule is CCCCNC(=O)C(C)N(Cc1cccc(C)c1)C(=O)CN(c1cc(Cl)ccc1OC)S(=O)(=O)c1ccccc1. The molecule has 40 heavy (non-hydrogen) atoms. The molecule has 1 unspecified atom stereocenters. The smallest absolute Gasteiger partial charge is 0.264 e. The molecule has 3 aromatic rings. The van der Waals surface area contributed by atoms with E-state index in [2.05, 4.69) is 5.32 Å². The van der Waals surface area contributed by atoms with Gasteiger partial charge in [0.1, 0.15) is 18.3 Å². The normalized spacial score (nSPS) is 11.9. The molecule has 0 aliphatic carbocycles. The van der Waals surface area contributed by atoms with Gasteiger partial charge in [0.05, 0.1) is 17.7 Å². The van der Waals surface area contributed by atoms with Crippen LogP contribution in [0.5, 0.6) is 5.75 Å². The molecular formula is C30H36ClN3O5S. The zero-order valence-corrected chi connectivity index (χ0v) is 24.8. The number of halogens is 1. The maximum Gasteiger partial charge on any atom is 0.264 e. The van der Waals surface area contributed by atoms with E-state index in [0.717, 1.165) is 28.3 Å². The van der Waals surface area contributed by atoms with E-state index in [4.69, 9.17) is 16.3 Å². The Hall–Kier alpha value is -3.56. The highest BCUT2D eigenvalue weighted by Crippen LogP contribution is 2.35. The van der Waals surface area contributed by atoms with Gasteiger partial charge in [-0.2, -0.15) is 0 Å². The molecule has 0 bridgehead atoms. The molecule has 0 heterocycles. The Morgan fingerprint density at radius 2 is 1.75 bits per heavy atom. The number of rotatable bonds is 13. The third-order valence-corrected chi connectivity index (χ3v) is 8.46. The maximum absolute atomic E-state index is 14.0. The van der Waals surface area contributed by atoms with Gasteiger partial charge >= 0.3 is 0 Å². The Kier molecular flexibility index (Phi) is 11.0. The predicted octanol–water partition coefficient (Wildman–Crippen LogP) is 5.19. The molecule has 0 aliphatic heterocycles. The Bertz CT molecular complexity index is 1420. The predicted molar refractivity (Wildman–Crippen MR) is 158 cm³/mol. The van der Waals surface area contributed by atoms with Gasteiger partial charge < -0.3 is 15.0 Å². The standard InChI is InChI=1S/C30H36ClN3O5S/c1-5-6-17-32-30(36)23(3)33(20-24-12-10-11-22(2)18-24)29(35)21-34(27-19-25(31)15-16-28(27)39-4)40(37,38)26-13-8-7-9-14-26/h7-16,18-19,23H,5-6,17,20-21H2,1-4H3,(H,32,36). The van der Waals surface area contributed by atoms with Crippen LogP contribution in [0, 0.1) is 6.92 Å². The van der Waals surface area contributed by atoms with Crippen LogP contribution >= 0.6 is 11.6 Å². The molecule has 2 amide bonds. The number of carbonyl (C=O) groups excluding carboxylic acids is 2. The van der Waals surface area contributed by atoms with Gasteiger partial charge in [-0.3, -0.25) is 13.9 Å². The number of amides is 2. The van der Waals surface area contributed by atoms with Crippen LogP contribution in [0.4, 0.5) is 5.69 Å². The molecule has 1 N–H and O–H groups in total. The quantitative estimate of drug-likeness (QED) is 0.279. The van der Waals surface area contributed by atoms with Crippen molar-refractivity contribution in [3.05, 3.63) is 88.9 Å². The van der Waals surface area contributed by atoms with Crippen LogP contribution < -0.4 is 14.4 Å². The van der Waals surface area contributed by atoms with Crippen molar-refractivity contribution in [3.63, 3.8) is 0 Å². The first-order chi connectivity index (χ1) is 19.1. The second-order valence-electron chi connectivity index (χ2n) is 9.47. The molecule has 3 rings (SSSR count). The van der Waals surface area contributed by atoms with E-state index in [1.165, 1.54) is 30.2 Å². The lowest BCUT2D eigenvalue weighted by Crippen LogP contribution is -2.51. The first-order valence-electron chi connectivity index (χ1n) is 13.1. The molecule has 0 radical (unpaired) electrons. The lowest BCUT2D eigenvalue weighted by atomic mass is 10.1. The number of sulfonamides is 1. The first kappa shape index (κ1) is 31.0. The molecule has 1 atom stereocenters. The third kappa shape index (κ3) is 7.76. The van der Waals surface area contributed by atoms with Gasteiger partial charge in [-0.25, -0.2) is 8.42 Å². The van der Waals surface area contributed by atoms with Gasteiger partial charge in [0.2, 0.25) is 11.8 Å². The van der Waals surface area contributed by atoms with Crippen molar-refractivity contribution in [2.75, 3.05) is 24.5 Å². The fourth-order valence-electron chi connectivity index (χ4n) is 4.22. The molecule has 8 nitrogen and oxygen atoms in total. The van der Waals surface area contributed by atoms with Crippen molar-refractivity contribution in [2.45, 2.75) is 51.1 Å². The zero-order chi connectivity index (χ0) is 29.3. The molecule has 214 valence electrons. The monoisotopic (exact) mass is 585 g/mol. The molecule has 0 fully saturated rings. The maximum atomic E-state index is 14.0. The fourth-order valence-corrected chi connectivity index (χ4v) is 5.82. The van der Waals surface area contributed by atoms with Crippen molar-refractivity contribution in [2.24, 2.45) is 0 Å². The summed E-state index contributed by atoms with van der Waals surface area (Å²) < 4.78 is 34.3. The molecule has 3 aromatic carbocycles. The van der Waals surface area contributed by atoms with Crippen molar-refractivity contribution in [1.82, 2.24) is 10.2 Å². The molecule has 10 heteroatoms. The third-order valence-electron chi connectivity index (χ3n) is 6.45. The molecule has 0 spiro atoms. The van der Waals surface area contributed by atoms with Crippen LogP contribution in [0.25, 0.3) is 0 Å². The Labute approximate surface area is 241 Å². The minimum Gasteiger partial charge on any atom is -0.495 e. The van der Waals surface area contributed by atoms with E-state index < -0.39 is 28.5 Å². The highest BCUT2D eigenvalue weighted by atomic mass is 35.5. The van der Waals surface area contributed by atoms with Crippen LogP contribution in [0.1, 0.15) is 37.8 Å². The van der Waals surface area contributed by atoms with E-state index in [0.29, 0.717) is 6.54 Å².